The van der Waals surface area contributed by atoms with E-state index >= 15 is 0 Å². The molecular formula is C20H21F2N3O5S. The number of non-ortho nitro benzene ring substituents is 1. The molecule has 11 heteroatoms. The number of piperidine rings is 1. The maximum Gasteiger partial charge on any atom is 0.269 e. The molecule has 3 rings (SSSR count). The van der Waals surface area contributed by atoms with Crippen molar-refractivity contribution in [2.75, 3.05) is 20.1 Å². The number of rotatable bonds is 6. The van der Waals surface area contributed by atoms with Crippen molar-refractivity contribution in [1.29, 1.82) is 0 Å². The van der Waals surface area contributed by atoms with Crippen LogP contribution in [0.15, 0.2) is 47.4 Å². The lowest BCUT2D eigenvalue weighted by Gasteiger charge is -2.32. The highest BCUT2D eigenvalue weighted by atomic mass is 32.2. The maximum absolute atomic E-state index is 13.9. The van der Waals surface area contributed by atoms with E-state index in [2.05, 4.69) is 0 Å². The largest absolute Gasteiger partial charge is 0.341 e. The summed E-state index contributed by atoms with van der Waals surface area (Å²) in [5, 5.41) is 10.9. The van der Waals surface area contributed by atoms with Crippen LogP contribution >= 0.6 is 0 Å². The van der Waals surface area contributed by atoms with Crippen LogP contribution in [-0.2, 0) is 21.4 Å². The summed E-state index contributed by atoms with van der Waals surface area (Å²) in [6, 6.07) is 8.24. The van der Waals surface area contributed by atoms with Gasteiger partial charge in [-0.05, 0) is 36.6 Å². The van der Waals surface area contributed by atoms with Crippen LogP contribution in [0.1, 0.15) is 18.4 Å². The minimum Gasteiger partial charge on any atom is -0.341 e. The summed E-state index contributed by atoms with van der Waals surface area (Å²) in [6.07, 6.45) is 0.461. The zero-order chi connectivity index (χ0) is 22.8. The molecule has 0 unspecified atom stereocenters. The first-order valence-electron chi connectivity index (χ1n) is 9.53. The topological polar surface area (TPSA) is 101 Å². The van der Waals surface area contributed by atoms with Gasteiger partial charge in [0.2, 0.25) is 15.9 Å². The van der Waals surface area contributed by atoms with Crippen molar-refractivity contribution in [3.05, 3.63) is 69.8 Å². The van der Waals surface area contributed by atoms with Crippen LogP contribution < -0.4 is 0 Å². The molecule has 31 heavy (non-hydrogen) atoms. The Balaban J connectivity index is 1.63. The molecule has 0 spiro atoms. The molecule has 1 saturated heterocycles. The molecule has 1 heterocycles. The van der Waals surface area contributed by atoms with Crippen molar-refractivity contribution in [3.8, 4) is 0 Å². The predicted octanol–water partition coefficient (Wildman–Crippen LogP) is 2.93. The molecule has 0 bridgehead atoms. The standard InChI is InChI=1S/C20H21F2N3O5S/c1-23(13-14-3-2-4-17(11-14)25(27)28)20(26)15-7-9-24(10-8-15)31(29,30)19-12-16(21)5-6-18(19)22/h2-6,11-12,15H,7-10,13H2,1H3. The second kappa shape index (κ2) is 9.06. The molecule has 1 amide bonds. The van der Waals surface area contributed by atoms with E-state index in [1.165, 1.54) is 17.0 Å². The van der Waals surface area contributed by atoms with Crippen molar-refractivity contribution in [2.45, 2.75) is 24.3 Å². The highest BCUT2D eigenvalue weighted by Crippen LogP contribution is 2.27. The van der Waals surface area contributed by atoms with Crippen LogP contribution in [0, 0.1) is 27.7 Å². The molecule has 1 fully saturated rings. The van der Waals surface area contributed by atoms with Crippen LogP contribution in [0.2, 0.25) is 0 Å². The second-order valence-corrected chi connectivity index (χ2v) is 9.28. The van der Waals surface area contributed by atoms with Gasteiger partial charge in [0.25, 0.3) is 5.69 Å². The van der Waals surface area contributed by atoms with Crippen LogP contribution in [0.5, 0.6) is 0 Å². The summed E-state index contributed by atoms with van der Waals surface area (Å²) < 4.78 is 53.7. The van der Waals surface area contributed by atoms with Gasteiger partial charge < -0.3 is 4.90 Å². The van der Waals surface area contributed by atoms with Gasteiger partial charge in [0, 0.05) is 44.7 Å². The second-order valence-electron chi connectivity index (χ2n) is 7.37. The Hall–Kier alpha value is -2.92. The zero-order valence-electron chi connectivity index (χ0n) is 16.7. The van der Waals surface area contributed by atoms with Gasteiger partial charge in [-0.3, -0.25) is 14.9 Å². The van der Waals surface area contributed by atoms with E-state index in [9.17, 15) is 32.1 Å². The molecule has 166 valence electrons. The molecule has 2 aromatic rings. The Morgan fingerprint density at radius 2 is 1.87 bits per heavy atom. The van der Waals surface area contributed by atoms with Crippen molar-refractivity contribution < 1.29 is 26.9 Å². The number of hydrogen-bond acceptors (Lipinski definition) is 5. The fraction of sp³-hybridized carbons (Fsp3) is 0.350. The summed E-state index contributed by atoms with van der Waals surface area (Å²) in [6.45, 7) is 0.173. The summed E-state index contributed by atoms with van der Waals surface area (Å²) in [7, 11) is -2.64. The third-order valence-electron chi connectivity index (χ3n) is 5.23. The lowest BCUT2D eigenvalue weighted by atomic mass is 9.96. The van der Waals surface area contributed by atoms with E-state index in [-0.39, 0.29) is 44.1 Å². The Labute approximate surface area is 178 Å². The molecule has 0 N–H and O–H groups in total. The molecular weight excluding hydrogens is 432 g/mol. The Morgan fingerprint density at radius 1 is 1.19 bits per heavy atom. The first kappa shape index (κ1) is 22.8. The number of nitro groups is 1. The molecule has 0 saturated carbocycles. The Kier molecular flexibility index (Phi) is 6.65. The van der Waals surface area contributed by atoms with E-state index in [0.717, 1.165) is 16.4 Å². The maximum atomic E-state index is 13.9. The van der Waals surface area contributed by atoms with Gasteiger partial charge in [0.05, 0.1) is 4.92 Å². The van der Waals surface area contributed by atoms with E-state index in [4.69, 9.17) is 0 Å². The normalized spacial score (nSPS) is 15.6. The van der Waals surface area contributed by atoms with Crippen LogP contribution in [-0.4, -0.2) is 48.6 Å². The van der Waals surface area contributed by atoms with Crippen LogP contribution in [0.25, 0.3) is 0 Å². The SMILES string of the molecule is CN(Cc1cccc([N+](=O)[O-])c1)C(=O)C1CCN(S(=O)(=O)c2cc(F)ccc2F)CC1. The molecule has 0 radical (unpaired) electrons. The van der Waals surface area contributed by atoms with Gasteiger partial charge in [-0.1, -0.05) is 12.1 Å². The first-order valence-corrected chi connectivity index (χ1v) is 11.0. The molecule has 0 aromatic heterocycles. The molecule has 1 aliphatic heterocycles. The predicted molar refractivity (Wildman–Crippen MR) is 107 cm³/mol. The molecule has 1 aliphatic rings. The third-order valence-corrected chi connectivity index (χ3v) is 7.15. The first-order chi connectivity index (χ1) is 14.6. The number of halogens is 2. The zero-order valence-corrected chi connectivity index (χ0v) is 17.5. The Morgan fingerprint density at radius 3 is 2.52 bits per heavy atom. The average molecular weight is 453 g/mol. The number of carbonyl (C=O) groups is 1. The lowest BCUT2D eigenvalue weighted by molar-refractivity contribution is -0.384. The molecule has 0 atom stereocenters. The summed E-state index contributed by atoms with van der Waals surface area (Å²) in [5.41, 5.74) is 0.535. The Bertz CT molecular complexity index is 1100. The van der Waals surface area contributed by atoms with Crippen LogP contribution in [0.3, 0.4) is 0 Å². The smallest absolute Gasteiger partial charge is 0.269 e. The van der Waals surface area contributed by atoms with E-state index < -0.39 is 37.4 Å². The van der Waals surface area contributed by atoms with Gasteiger partial charge in [-0.2, -0.15) is 4.31 Å². The van der Waals surface area contributed by atoms with Crippen LogP contribution in [0.4, 0.5) is 14.5 Å². The average Bonchev–Trinajstić information content (AvgIpc) is 2.75. The van der Waals surface area contributed by atoms with Crippen molar-refractivity contribution in [2.24, 2.45) is 5.92 Å². The summed E-state index contributed by atoms with van der Waals surface area (Å²) in [5.74, 6) is -2.53. The van der Waals surface area contributed by atoms with Gasteiger partial charge >= 0.3 is 0 Å². The summed E-state index contributed by atoms with van der Waals surface area (Å²) in [4.78, 5) is 23.9. The minimum absolute atomic E-state index is 0.000653. The van der Waals surface area contributed by atoms with Crippen molar-refractivity contribution in [1.82, 2.24) is 9.21 Å². The van der Waals surface area contributed by atoms with Crippen molar-refractivity contribution >= 4 is 21.6 Å². The van der Waals surface area contributed by atoms with E-state index in [1.807, 2.05) is 0 Å². The van der Waals surface area contributed by atoms with Gasteiger partial charge in [-0.25, -0.2) is 17.2 Å². The lowest BCUT2D eigenvalue weighted by Crippen LogP contribution is -2.43. The highest BCUT2D eigenvalue weighted by molar-refractivity contribution is 7.89. The van der Waals surface area contributed by atoms with E-state index in [0.29, 0.717) is 11.6 Å². The number of nitro benzene ring substituents is 1. The van der Waals surface area contributed by atoms with Gasteiger partial charge in [0.15, 0.2) is 0 Å². The van der Waals surface area contributed by atoms with Gasteiger partial charge in [-0.15, -0.1) is 0 Å². The number of carbonyl (C=O) groups excluding carboxylic acids is 1. The molecule has 2 aromatic carbocycles. The number of sulfonamides is 1. The van der Waals surface area contributed by atoms with Crippen molar-refractivity contribution in [3.63, 3.8) is 0 Å². The molecule has 0 aliphatic carbocycles. The number of nitrogens with zero attached hydrogens (tertiary/aromatic N) is 3. The quantitative estimate of drug-likeness (QED) is 0.495. The number of hydrogen-bond donors (Lipinski definition) is 0. The fourth-order valence-electron chi connectivity index (χ4n) is 3.59. The minimum atomic E-state index is -4.22. The number of amides is 1. The number of benzene rings is 2. The fourth-order valence-corrected chi connectivity index (χ4v) is 5.13. The molecule has 8 nitrogen and oxygen atoms in total. The highest BCUT2D eigenvalue weighted by Gasteiger charge is 2.34. The third kappa shape index (κ3) is 5.05. The van der Waals surface area contributed by atoms with E-state index in [1.54, 1.807) is 19.2 Å². The monoisotopic (exact) mass is 453 g/mol. The van der Waals surface area contributed by atoms with Gasteiger partial charge in [0.1, 0.15) is 16.5 Å². The summed E-state index contributed by atoms with van der Waals surface area (Å²) >= 11 is 0.